The molecule has 9 rings (SSSR count). The average Bonchev–Trinajstić information content (AvgIpc) is 0.743. The van der Waals surface area contributed by atoms with Gasteiger partial charge in [0.15, 0.2) is 24.8 Å². The molecule has 614 valence electrons. The van der Waals surface area contributed by atoms with Gasteiger partial charge in [0, 0.05) is 41.2 Å². The van der Waals surface area contributed by atoms with Crippen molar-refractivity contribution < 1.29 is 122 Å². The van der Waals surface area contributed by atoms with Gasteiger partial charge in [-0.15, -0.1) is 0 Å². The van der Waals surface area contributed by atoms with E-state index in [1.807, 2.05) is 134 Å². The number of ether oxygens (including phenoxy) is 16. The van der Waals surface area contributed by atoms with Crippen molar-refractivity contribution in [3.05, 3.63) is 209 Å². The molecule has 27 nitrogen and oxygen atoms in total. The molecule has 0 saturated carbocycles. The predicted octanol–water partition coefficient (Wildman–Crippen LogP) is 10.5. The molecule has 0 aliphatic carbocycles. The summed E-state index contributed by atoms with van der Waals surface area (Å²) in [4.78, 5) is 81.3. The Balaban J connectivity index is 1.09. The van der Waals surface area contributed by atoms with E-state index in [9.17, 15) is 37.5 Å². The van der Waals surface area contributed by atoms with Crippen molar-refractivity contribution in [3.8, 4) is 0 Å². The lowest BCUT2D eigenvalue weighted by atomic mass is 9.87. The summed E-state index contributed by atoms with van der Waals surface area (Å²) in [7, 11) is -2.82. The minimum atomic E-state index is -3.83. The zero-order valence-electron chi connectivity index (χ0n) is 65.1. The molecule has 3 aliphatic heterocycles. The van der Waals surface area contributed by atoms with Crippen LogP contribution in [-0.4, -0.2) is 187 Å². The first-order valence-corrected chi connectivity index (χ1v) is 39.8. The van der Waals surface area contributed by atoms with E-state index in [0.29, 0.717) is 18.4 Å². The minimum absolute atomic E-state index is 0.00110. The van der Waals surface area contributed by atoms with Gasteiger partial charge in [-0.25, -0.2) is 4.79 Å². The molecule has 1 amide bonds. The van der Waals surface area contributed by atoms with Crippen LogP contribution < -0.4 is 5.32 Å². The zero-order valence-corrected chi connectivity index (χ0v) is 65.9. The normalized spacial score (nSPS) is 24.2. The fourth-order valence-electron chi connectivity index (χ4n) is 13.6. The van der Waals surface area contributed by atoms with Gasteiger partial charge < -0.3 is 86.2 Å². The van der Waals surface area contributed by atoms with Crippen LogP contribution in [0.2, 0.25) is 0 Å². The fraction of sp³-hybridized carbons (Fsp3) is 0.506. The lowest BCUT2D eigenvalue weighted by Crippen LogP contribution is -2.72. The van der Waals surface area contributed by atoms with E-state index >= 15 is 4.79 Å². The number of carbonyl (C=O) groups excluding carboxylic acids is 6. The van der Waals surface area contributed by atoms with Crippen molar-refractivity contribution >= 4 is 45.9 Å². The average molecular weight is 1590 g/mol. The molecule has 28 heteroatoms. The summed E-state index contributed by atoms with van der Waals surface area (Å²) < 4.78 is 136. The third kappa shape index (κ3) is 27.9. The maximum atomic E-state index is 15.4. The molecule has 113 heavy (non-hydrogen) atoms. The largest absolute Gasteiger partial charge is 0.465 e. The second-order valence-corrected chi connectivity index (χ2v) is 29.7. The van der Waals surface area contributed by atoms with Crippen LogP contribution in [0.25, 0.3) is 0 Å². The molecule has 3 heterocycles. The summed E-state index contributed by atoms with van der Waals surface area (Å²) in [5, 5.41) is 16.0. The Labute approximate surface area is 661 Å². The topological polar surface area (TPSA) is 326 Å². The summed E-state index contributed by atoms with van der Waals surface area (Å²) in [5.41, 5.74) is 4.77. The van der Waals surface area contributed by atoms with Gasteiger partial charge in [0.25, 0.3) is 15.9 Å². The molecule has 0 spiro atoms. The fourth-order valence-corrected chi connectivity index (χ4v) is 14.6. The molecular formula is C85H107NO26S. The van der Waals surface area contributed by atoms with Crippen molar-refractivity contribution in [1.82, 2.24) is 5.32 Å². The number of carbonyl (C=O) groups is 6. The summed E-state index contributed by atoms with van der Waals surface area (Å²) >= 11 is 0. The van der Waals surface area contributed by atoms with Crippen LogP contribution in [0.4, 0.5) is 0 Å². The molecule has 16 atom stereocenters. The van der Waals surface area contributed by atoms with Crippen molar-refractivity contribution in [2.45, 2.75) is 241 Å². The van der Waals surface area contributed by atoms with E-state index in [0.717, 1.165) is 114 Å². The van der Waals surface area contributed by atoms with E-state index in [4.69, 9.17) is 80.0 Å². The summed E-state index contributed by atoms with van der Waals surface area (Å²) in [6.45, 7) is 6.21. The lowest BCUT2D eigenvalue weighted by molar-refractivity contribution is -0.395. The van der Waals surface area contributed by atoms with Crippen LogP contribution >= 0.6 is 0 Å². The highest BCUT2D eigenvalue weighted by molar-refractivity contribution is 7.86. The molecule has 0 aromatic heterocycles. The maximum absolute atomic E-state index is 15.4. The number of hydrogen-bond acceptors (Lipinski definition) is 26. The van der Waals surface area contributed by atoms with Crippen LogP contribution in [0.15, 0.2) is 181 Å². The monoisotopic (exact) mass is 1590 g/mol. The van der Waals surface area contributed by atoms with Crippen molar-refractivity contribution in [2.24, 2.45) is 0 Å². The SMILES string of the molecule is COC(=O)[C@@]1(O[C@H]2[C@@H](O)[C@@H](COCc3ccccc3)O[C@@H](O[C@H]3[C@H](OCc4ccccc4)[C@@H](OCc4ccccc4)[C@H](OCCCCCCCCCCCOS(=O)(=O)c4ccc(C)cc4)O[C@@H]3COCc3ccccc3)[C@@H]2OCc2ccccc2)C[C@H](OC(C)=O)[C@@H](NC(C)=O)[C@H]([C@H](OC(C)=O)[C@@H](COC(C)=O)OC(C)=O)O1. The van der Waals surface area contributed by atoms with Crippen molar-refractivity contribution in [2.75, 3.05) is 40.1 Å². The van der Waals surface area contributed by atoms with Gasteiger partial charge in [0.05, 0.1) is 77.3 Å². The van der Waals surface area contributed by atoms with E-state index < -0.39 is 157 Å². The number of esters is 5. The van der Waals surface area contributed by atoms with Crippen LogP contribution in [-0.2, 0) is 152 Å². The summed E-state index contributed by atoms with van der Waals surface area (Å²) in [5.74, 6) is -8.72. The van der Waals surface area contributed by atoms with Gasteiger partial charge in [-0.05, 0) is 59.7 Å². The molecule has 6 aromatic carbocycles. The number of hydrogen-bond donors (Lipinski definition) is 2. The number of aryl methyl sites for hydroxylation is 1. The van der Waals surface area contributed by atoms with Gasteiger partial charge in [-0.1, -0.05) is 214 Å². The number of rotatable bonds is 45. The molecule has 3 aliphatic rings. The van der Waals surface area contributed by atoms with Gasteiger partial charge in [-0.3, -0.25) is 28.2 Å². The Morgan fingerprint density at radius 3 is 1.45 bits per heavy atom. The van der Waals surface area contributed by atoms with Crippen molar-refractivity contribution in [1.29, 1.82) is 0 Å². The third-order valence-corrected chi connectivity index (χ3v) is 20.4. The Morgan fingerprint density at radius 1 is 0.513 bits per heavy atom. The van der Waals surface area contributed by atoms with Gasteiger partial charge in [0.1, 0.15) is 67.6 Å². The van der Waals surface area contributed by atoms with Crippen LogP contribution in [0.1, 0.15) is 132 Å². The molecular weight excluding hydrogens is 1480 g/mol. The van der Waals surface area contributed by atoms with Gasteiger partial charge in [-0.2, -0.15) is 8.42 Å². The molecule has 0 bridgehead atoms. The van der Waals surface area contributed by atoms with E-state index in [2.05, 4.69) is 5.32 Å². The lowest BCUT2D eigenvalue weighted by Gasteiger charge is -2.52. The van der Waals surface area contributed by atoms with Crippen LogP contribution in [0.3, 0.4) is 0 Å². The molecule has 3 saturated heterocycles. The minimum Gasteiger partial charge on any atom is -0.465 e. The molecule has 2 N–H and O–H groups in total. The maximum Gasteiger partial charge on any atom is 0.366 e. The van der Waals surface area contributed by atoms with E-state index in [-0.39, 0.29) is 64.4 Å². The highest BCUT2D eigenvalue weighted by Gasteiger charge is 2.63. The number of benzene rings is 6. The smallest absolute Gasteiger partial charge is 0.366 e. The van der Waals surface area contributed by atoms with Crippen LogP contribution in [0.5, 0.6) is 0 Å². The van der Waals surface area contributed by atoms with Crippen LogP contribution in [0, 0.1) is 6.92 Å². The highest BCUT2D eigenvalue weighted by atomic mass is 32.2. The first-order chi connectivity index (χ1) is 54.6. The van der Waals surface area contributed by atoms with Gasteiger partial charge in [0.2, 0.25) is 5.91 Å². The number of unbranched alkanes of at least 4 members (excludes halogenated alkanes) is 8. The highest BCUT2D eigenvalue weighted by Crippen LogP contribution is 2.43. The second kappa shape index (κ2) is 45.6. The Kier molecular flexibility index (Phi) is 35.7. The quantitative estimate of drug-likeness (QED) is 0.0155. The first kappa shape index (κ1) is 88.5. The van der Waals surface area contributed by atoms with E-state index in [1.54, 1.807) is 48.5 Å². The summed E-state index contributed by atoms with van der Waals surface area (Å²) in [6.07, 6.45) is -14.9. The van der Waals surface area contributed by atoms with Crippen molar-refractivity contribution in [3.63, 3.8) is 0 Å². The Morgan fingerprint density at radius 2 is 0.973 bits per heavy atom. The summed E-state index contributed by atoms with van der Waals surface area (Å²) in [6, 6.07) is 51.7. The molecule has 3 fully saturated rings. The molecule has 0 unspecified atom stereocenters. The number of aliphatic hydroxyl groups excluding tert-OH is 1. The number of aliphatic hydroxyl groups is 1. The number of methoxy groups -OCH3 is 1. The first-order valence-electron chi connectivity index (χ1n) is 38.4. The Bertz CT molecular complexity index is 3960. The second-order valence-electron chi connectivity index (χ2n) is 28.1. The number of amides is 1. The third-order valence-electron chi connectivity index (χ3n) is 19.1. The standard InChI is InChI=1S/C85H107NO26S/c1-57-42-44-68(45-43-57)113(94,95)104-47-31-14-12-10-8-9-11-13-30-46-99-82-81(103-53-67-40-28-19-29-41-67)79(101-51-65-36-24-17-25-37-65)76(71(109-82)55-98-50-64-34-22-16-23-35-64)110-83-80(102-52-66-38-26-18-27-39-66)78(74(92)70(108-83)54-97-49-63-32-20-15-21-33-63)112-85(84(93)96-7)48-69(105-60(4)89)73(86-58(2)87)77(111-85)75(107-62(6)91)72(106-61(5)90)56-100-59(3)88/h15-29,32-45,69-83,92H,8-14,30-31,46-56H2,1-7H3,(H,86,87)/t69-,70+,71+,72+,73+,74-,75+,76+,77+,78-,79-,80+,81+,82+,83-,85-/m0/s1. The predicted molar refractivity (Wildman–Crippen MR) is 407 cm³/mol. The number of nitrogens with one attached hydrogen (secondary N) is 1. The Hall–Kier alpha value is -8.43. The molecule has 0 radical (unpaired) electrons. The zero-order chi connectivity index (χ0) is 80.5. The molecule has 6 aromatic rings. The van der Waals surface area contributed by atoms with Gasteiger partial charge >= 0.3 is 29.8 Å². The van der Waals surface area contributed by atoms with E-state index in [1.165, 1.54) is 0 Å².